The van der Waals surface area contributed by atoms with Gasteiger partial charge in [0.1, 0.15) is 0 Å². The van der Waals surface area contributed by atoms with Crippen LogP contribution in [0.1, 0.15) is 46.0 Å². The summed E-state index contributed by atoms with van der Waals surface area (Å²) in [6.45, 7) is 4.18. The van der Waals surface area contributed by atoms with Crippen LogP contribution in [0.2, 0.25) is 0 Å². The third-order valence-electron chi connectivity index (χ3n) is 3.58. The Balaban J connectivity index is 2.63. The molecule has 1 aliphatic carbocycles. The summed E-state index contributed by atoms with van der Waals surface area (Å²) < 4.78 is 26.9. The molecule has 0 aromatic heterocycles. The molecule has 1 fully saturated rings. The maximum atomic E-state index is 12.0. The highest BCUT2D eigenvalue weighted by Crippen LogP contribution is 2.24. The van der Waals surface area contributed by atoms with Crippen molar-refractivity contribution in [2.45, 2.75) is 57.2 Å². The van der Waals surface area contributed by atoms with Gasteiger partial charge >= 0.3 is 0 Å². The summed E-state index contributed by atoms with van der Waals surface area (Å²) in [6.07, 6.45) is 4.99. The van der Waals surface area contributed by atoms with Gasteiger partial charge in [-0.2, -0.15) is 0 Å². The number of hydrogen-bond acceptors (Lipinski definition) is 3. The first-order chi connectivity index (χ1) is 7.51. The number of nitrogens with two attached hydrogens (primary N) is 1. The van der Waals surface area contributed by atoms with Crippen molar-refractivity contribution < 1.29 is 8.42 Å². The van der Waals surface area contributed by atoms with Crippen LogP contribution in [-0.2, 0) is 10.0 Å². The van der Waals surface area contributed by atoms with E-state index < -0.39 is 15.3 Å². The Morgan fingerprint density at radius 1 is 1.38 bits per heavy atom. The van der Waals surface area contributed by atoms with Crippen molar-refractivity contribution in [3.63, 3.8) is 0 Å². The molecule has 0 aromatic carbocycles. The fourth-order valence-corrected chi connectivity index (χ4v) is 3.97. The lowest BCUT2D eigenvalue weighted by atomic mass is 9.87. The second-order valence-electron chi connectivity index (χ2n) is 4.80. The van der Waals surface area contributed by atoms with Gasteiger partial charge in [0, 0.05) is 12.6 Å². The molecular weight excluding hydrogens is 224 g/mol. The van der Waals surface area contributed by atoms with Crippen LogP contribution in [0.4, 0.5) is 0 Å². The van der Waals surface area contributed by atoms with Crippen LogP contribution in [0.5, 0.6) is 0 Å². The third-order valence-corrected chi connectivity index (χ3v) is 5.62. The summed E-state index contributed by atoms with van der Waals surface area (Å²) in [5.41, 5.74) is 5.49. The van der Waals surface area contributed by atoms with Gasteiger partial charge in [0.25, 0.3) is 0 Å². The van der Waals surface area contributed by atoms with E-state index in [2.05, 4.69) is 11.6 Å². The maximum absolute atomic E-state index is 12.0. The van der Waals surface area contributed by atoms with Crippen LogP contribution in [0, 0.1) is 5.92 Å². The molecule has 16 heavy (non-hydrogen) atoms. The number of rotatable bonds is 5. The van der Waals surface area contributed by atoms with E-state index in [-0.39, 0.29) is 12.6 Å². The second-order valence-corrected chi connectivity index (χ2v) is 6.79. The summed E-state index contributed by atoms with van der Waals surface area (Å²) in [5, 5.41) is -0.443. The molecule has 0 aromatic rings. The highest BCUT2D eigenvalue weighted by atomic mass is 32.2. The smallest absolute Gasteiger partial charge is 0.215 e. The average Bonchev–Trinajstić information content (AvgIpc) is 2.22. The zero-order chi connectivity index (χ0) is 12.2. The Labute approximate surface area is 99.0 Å². The first kappa shape index (κ1) is 13.9. The van der Waals surface area contributed by atoms with Crippen LogP contribution in [0.3, 0.4) is 0 Å². The predicted molar refractivity (Wildman–Crippen MR) is 66.6 cm³/mol. The molecule has 1 rings (SSSR count). The first-order valence-electron chi connectivity index (χ1n) is 6.22. The first-order valence-corrected chi connectivity index (χ1v) is 7.77. The summed E-state index contributed by atoms with van der Waals surface area (Å²) in [4.78, 5) is 0. The van der Waals surface area contributed by atoms with Gasteiger partial charge in [0.05, 0.1) is 5.25 Å². The summed E-state index contributed by atoms with van der Waals surface area (Å²) >= 11 is 0. The molecule has 0 bridgehead atoms. The summed E-state index contributed by atoms with van der Waals surface area (Å²) in [6, 6.07) is 0.111. The average molecular weight is 248 g/mol. The van der Waals surface area contributed by atoms with Crippen LogP contribution in [0.25, 0.3) is 0 Å². The number of nitrogens with one attached hydrogen (secondary N) is 1. The SMILES string of the molecule is CCC(CN)S(=O)(=O)NC1CCCCC1C. The Morgan fingerprint density at radius 3 is 2.50 bits per heavy atom. The largest absolute Gasteiger partial charge is 0.329 e. The molecule has 0 aliphatic heterocycles. The monoisotopic (exact) mass is 248 g/mol. The van der Waals surface area contributed by atoms with Gasteiger partial charge in [-0.3, -0.25) is 0 Å². The Morgan fingerprint density at radius 2 is 2.00 bits per heavy atom. The molecule has 5 heteroatoms. The van der Waals surface area contributed by atoms with Crippen molar-refractivity contribution in [3.8, 4) is 0 Å². The highest BCUT2D eigenvalue weighted by molar-refractivity contribution is 7.90. The van der Waals surface area contributed by atoms with E-state index in [0.717, 1.165) is 19.3 Å². The Bertz CT molecular complexity index is 299. The van der Waals surface area contributed by atoms with Crippen LogP contribution in [-0.4, -0.2) is 26.3 Å². The third kappa shape index (κ3) is 3.43. The van der Waals surface area contributed by atoms with Gasteiger partial charge in [0.15, 0.2) is 0 Å². The van der Waals surface area contributed by atoms with Crippen molar-refractivity contribution >= 4 is 10.0 Å². The minimum Gasteiger partial charge on any atom is -0.329 e. The van der Waals surface area contributed by atoms with Crippen molar-refractivity contribution in [1.29, 1.82) is 0 Å². The molecule has 1 saturated carbocycles. The van der Waals surface area contributed by atoms with Crippen molar-refractivity contribution in [3.05, 3.63) is 0 Å². The van der Waals surface area contributed by atoms with Crippen molar-refractivity contribution in [2.24, 2.45) is 11.7 Å². The highest BCUT2D eigenvalue weighted by Gasteiger charge is 2.29. The molecule has 3 unspecified atom stereocenters. The molecule has 0 radical (unpaired) electrons. The van der Waals surface area contributed by atoms with Gasteiger partial charge < -0.3 is 5.73 Å². The topological polar surface area (TPSA) is 72.2 Å². The van der Waals surface area contributed by atoms with Gasteiger partial charge in [-0.05, 0) is 25.2 Å². The zero-order valence-corrected chi connectivity index (χ0v) is 11.1. The molecule has 0 saturated heterocycles. The van der Waals surface area contributed by atoms with E-state index in [1.54, 1.807) is 0 Å². The zero-order valence-electron chi connectivity index (χ0n) is 10.3. The maximum Gasteiger partial charge on any atom is 0.215 e. The molecule has 3 N–H and O–H groups in total. The minimum atomic E-state index is -3.23. The van der Waals surface area contributed by atoms with Gasteiger partial charge in [0.2, 0.25) is 10.0 Å². The van der Waals surface area contributed by atoms with Crippen molar-refractivity contribution in [1.82, 2.24) is 4.72 Å². The molecular formula is C11H24N2O2S. The molecule has 3 atom stereocenters. The fourth-order valence-electron chi connectivity index (χ4n) is 2.31. The van der Waals surface area contributed by atoms with Crippen molar-refractivity contribution in [2.75, 3.05) is 6.54 Å². The lowest BCUT2D eigenvalue weighted by molar-refractivity contribution is 0.309. The van der Waals surface area contributed by atoms with E-state index in [9.17, 15) is 8.42 Å². The van der Waals surface area contributed by atoms with E-state index in [1.807, 2.05) is 6.92 Å². The molecule has 96 valence electrons. The second kappa shape index (κ2) is 5.98. The van der Waals surface area contributed by atoms with E-state index in [4.69, 9.17) is 5.73 Å². The van der Waals surface area contributed by atoms with Gasteiger partial charge in [-0.25, -0.2) is 13.1 Å². The Kier molecular flexibility index (Phi) is 5.21. The number of sulfonamides is 1. The molecule has 0 spiro atoms. The van der Waals surface area contributed by atoms with Crippen LogP contribution < -0.4 is 10.5 Å². The molecule has 4 nitrogen and oxygen atoms in total. The van der Waals surface area contributed by atoms with Crippen LogP contribution >= 0.6 is 0 Å². The lowest BCUT2D eigenvalue weighted by Crippen LogP contribution is -2.47. The Hall–Kier alpha value is -0.130. The lowest BCUT2D eigenvalue weighted by Gasteiger charge is -2.30. The predicted octanol–water partition coefficient (Wildman–Crippen LogP) is 1.22. The molecule has 0 heterocycles. The molecule has 0 amide bonds. The standard InChI is InChI=1S/C11H24N2O2S/c1-3-10(8-12)16(14,15)13-11-7-5-4-6-9(11)2/h9-11,13H,3-8,12H2,1-2H3. The minimum absolute atomic E-state index is 0.111. The van der Waals surface area contributed by atoms with Crippen LogP contribution in [0.15, 0.2) is 0 Å². The quantitative estimate of drug-likeness (QED) is 0.768. The molecule has 1 aliphatic rings. The summed E-state index contributed by atoms with van der Waals surface area (Å²) in [5.74, 6) is 0.443. The van der Waals surface area contributed by atoms with Gasteiger partial charge in [-0.15, -0.1) is 0 Å². The van der Waals surface area contributed by atoms with E-state index in [1.165, 1.54) is 6.42 Å². The van der Waals surface area contributed by atoms with E-state index in [0.29, 0.717) is 12.3 Å². The normalized spacial score (nSPS) is 28.9. The number of hydrogen-bond donors (Lipinski definition) is 2. The summed E-state index contributed by atoms with van der Waals surface area (Å²) in [7, 11) is -3.23. The van der Waals surface area contributed by atoms with Gasteiger partial charge in [-0.1, -0.05) is 26.7 Å². The van der Waals surface area contributed by atoms with E-state index >= 15 is 0 Å². The fraction of sp³-hybridized carbons (Fsp3) is 1.00.